The highest BCUT2D eigenvalue weighted by Crippen LogP contribution is 2.07. The van der Waals surface area contributed by atoms with E-state index in [4.69, 9.17) is 0 Å². The van der Waals surface area contributed by atoms with Gasteiger partial charge in [-0.2, -0.15) is 0 Å². The third-order valence-electron chi connectivity index (χ3n) is 1.58. The second kappa shape index (κ2) is 4.42. The summed E-state index contributed by atoms with van der Waals surface area (Å²) in [6, 6.07) is 4.63. The number of aryl methyl sites for hydroxylation is 1. The van der Waals surface area contributed by atoms with Gasteiger partial charge in [-0.05, 0) is 30.7 Å². The fraction of sp³-hybridized carbons (Fsp3) is 0.182. The average Bonchev–Trinajstić information content (AvgIpc) is 2.12. The quantitative estimate of drug-likeness (QED) is 0.473. The fourth-order valence-corrected chi connectivity index (χ4v) is 0.917. The van der Waals surface area contributed by atoms with Gasteiger partial charge in [-0.1, -0.05) is 11.8 Å². The largest absolute Gasteiger partial charge is 0.302 e. The Morgan fingerprint density at radius 2 is 2.31 bits per heavy atom. The summed E-state index contributed by atoms with van der Waals surface area (Å²) >= 11 is 0. The van der Waals surface area contributed by atoms with E-state index in [9.17, 15) is 9.18 Å². The van der Waals surface area contributed by atoms with Gasteiger partial charge in [0.2, 0.25) is 0 Å². The third kappa shape index (κ3) is 2.72. The molecule has 66 valence electrons. The summed E-state index contributed by atoms with van der Waals surface area (Å²) in [5.41, 5.74) is 1.30. The van der Waals surface area contributed by atoms with Gasteiger partial charge >= 0.3 is 0 Å². The van der Waals surface area contributed by atoms with Gasteiger partial charge in [0, 0.05) is 5.56 Å². The van der Waals surface area contributed by atoms with Gasteiger partial charge < -0.3 is 4.79 Å². The highest BCUT2D eigenvalue weighted by molar-refractivity contribution is 5.55. The van der Waals surface area contributed by atoms with Crippen molar-refractivity contribution >= 4 is 6.29 Å². The van der Waals surface area contributed by atoms with E-state index in [2.05, 4.69) is 11.8 Å². The molecule has 0 aliphatic heterocycles. The van der Waals surface area contributed by atoms with Crippen molar-refractivity contribution in [2.24, 2.45) is 0 Å². The zero-order valence-corrected chi connectivity index (χ0v) is 7.30. The summed E-state index contributed by atoms with van der Waals surface area (Å²) in [7, 11) is 0. The molecule has 1 nitrogen and oxygen atoms in total. The smallest absolute Gasteiger partial charge is 0.131 e. The van der Waals surface area contributed by atoms with Gasteiger partial charge in [0.1, 0.15) is 12.1 Å². The van der Waals surface area contributed by atoms with Crippen molar-refractivity contribution in [3.05, 3.63) is 35.1 Å². The first-order chi connectivity index (χ1) is 6.24. The van der Waals surface area contributed by atoms with E-state index in [0.29, 0.717) is 5.56 Å². The van der Waals surface area contributed by atoms with Crippen molar-refractivity contribution in [2.45, 2.75) is 13.3 Å². The van der Waals surface area contributed by atoms with Crippen molar-refractivity contribution in [2.75, 3.05) is 0 Å². The number of benzene rings is 1. The van der Waals surface area contributed by atoms with Crippen LogP contribution in [-0.4, -0.2) is 6.29 Å². The number of aldehydes is 1. The Labute approximate surface area is 76.6 Å². The Hall–Kier alpha value is -1.62. The molecule has 0 aromatic heterocycles. The van der Waals surface area contributed by atoms with Gasteiger partial charge in [0.15, 0.2) is 0 Å². The maximum absolute atomic E-state index is 12.8. The Bertz CT molecular complexity index is 371. The van der Waals surface area contributed by atoms with E-state index in [1.165, 1.54) is 6.07 Å². The molecule has 0 atom stereocenters. The van der Waals surface area contributed by atoms with Crippen LogP contribution >= 0.6 is 0 Å². The van der Waals surface area contributed by atoms with Crippen LogP contribution in [0.5, 0.6) is 0 Å². The summed E-state index contributed by atoms with van der Waals surface area (Å²) < 4.78 is 12.8. The molecular weight excluding hydrogens is 167 g/mol. The van der Waals surface area contributed by atoms with Crippen LogP contribution < -0.4 is 0 Å². The summed E-state index contributed by atoms with van der Waals surface area (Å²) in [6.07, 6.45) is 0.958. The predicted molar refractivity (Wildman–Crippen MR) is 48.7 cm³/mol. The minimum absolute atomic E-state index is 0.219. The molecule has 0 N–H and O–H groups in total. The highest BCUT2D eigenvalue weighted by atomic mass is 19.1. The van der Waals surface area contributed by atoms with E-state index in [1.54, 1.807) is 19.1 Å². The lowest BCUT2D eigenvalue weighted by molar-refractivity contribution is -0.107. The number of hydrogen-bond donors (Lipinski definition) is 0. The van der Waals surface area contributed by atoms with Crippen LogP contribution in [0.25, 0.3) is 0 Å². The standard InChI is InChI=1S/C11H9FO/c1-9-8-10(4-2-3-7-13)5-6-11(9)12/h5-8H,3H2,1H3. The van der Waals surface area contributed by atoms with Gasteiger partial charge in [-0.15, -0.1) is 0 Å². The minimum Gasteiger partial charge on any atom is -0.302 e. The Morgan fingerprint density at radius 1 is 1.54 bits per heavy atom. The molecule has 0 aliphatic carbocycles. The fourth-order valence-electron chi connectivity index (χ4n) is 0.917. The zero-order valence-electron chi connectivity index (χ0n) is 7.30. The number of rotatable bonds is 1. The maximum atomic E-state index is 12.8. The van der Waals surface area contributed by atoms with Crippen LogP contribution in [0.3, 0.4) is 0 Å². The van der Waals surface area contributed by atoms with E-state index in [1.807, 2.05) is 0 Å². The van der Waals surface area contributed by atoms with Gasteiger partial charge in [-0.25, -0.2) is 4.39 Å². The lowest BCUT2D eigenvalue weighted by Crippen LogP contribution is -1.83. The van der Waals surface area contributed by atoms with Gasteiger partial charge in [0.25, 0.3) is 0 Å². The Morgan fingerprint density at radius 3 is 2.92 bits per heavy atom. The molecule has 0 fully saturated rings. The molecule has 2 heteroatoms. The van der Waals surface area contributed by atoms with Crippen molar-refractivity contribution in [3.8, 4) is 11.8 Å². The first-order valence-electron chi connectivity index (χ1n) is 3.92. The van der Waals surface area contributed by atoms with E-state index in [-0.39, 0.29) is 12.2 Å². The van der Waals surface area contributed by atoms with Crippen LogP contribution in [0.2, 0.25) is 0 Å². The van der Waals surface area contributed by atoms with Gasteiger partial charge in [0.05, 0.1) is 6.42 Å². The molecule has 0 saturated heterocycles. The van der Waals surface area contributed by atoms with E-state index < -0.39 is 0 Å². The summed E-state index contributed by atoms with van der Waals surface area (Å²) in [4.78, 5) is 9.95. The van der Waals surface area contributed by atoms with Crippen molar-refractivity contribution in [1.29, 1.82) is 0 Å². The number of hydrogen-bond acceptors (Lipinski definition) is 1. The van der Waals surface area contributed by atoms with Crippen molar-refractivity contribution in [3.63, 3.8) is 0 Å². The van der Waals surface area contributed by atoms with E-state index in [0.717, 1.165) is 11.8 Å². The molecule has 1 rings (SSSR count). The molecular formula is C11H9FO. The minimum atomic E-state index is -0.235. The molecule has 0 aliphatic rings. The molecule has 0 spiro atoms. The lowest BCUT2D eigenvalue weighted by Gasteiger charge is -1.95. The average molecular weight is 176 g/mol. The monoisotopic (exact) mass is 176 g/mol. The molecule has 0 saturated carbocycles. The summed E-state index contributed by atoms with van der Waals surface area (Å²) in [5.74, 6) is 5.19. The maximum Gasteiger partial charge on any atom is 0.131 e. The molecule has 0 radical (unpaired) electrons. The second-order valence-corrected chi connectivity index (χ2v) is 2.64. The van der Waals surface area contributed by atoms with Crippen LogP contribution in [0.4, 0.5) is 4.39 Å². The zero-order chi connectivity index (χ0) is 9.68. The Balaban J connectivity index is 2.87. The second-order valence-electron chi connectivity index (χ2n) is 2.64. The Kier molecular flexibility index (Phi) is 3.22. The number of halogens is 1. The predicted octanol–water partition coefficient (Wildman–Crippen LogP) is 2.07. The molecule has 0 amide bonds. The molecule has 0 unspecified atom stereocenters. The van der Waals surface area contributed by atoms with Crippen molar-refractivity contribution in [1.82, 2.24) is 0 Å². The first kappa shape index (κ1) is 9.47. The summed E-state index contributed by atoms with van der Waals surface area (Å²) in [6.45, 7) is 1.68. The van der Waals surface area contributed by atoms with Gasteiger partial charge in [-0.3, -0.25) is 0 Å². The highest BCUT2D eigenvalue weighted by Gasteiger charge is 1.95. The number of carbonyl (C=O) groups excluding carboxylic acids is 1. The van der Waals surface area contributed by atoms with Crippen molar-refractivity contribution < 1.29 is 9.18 Å². The molecule has 13 heavy (non-hydrogen) atoms. The summed E-state index contributed by atoms with van der Waals surface area (Å²) in [5, 5.41) is 0. The van der Waals surface area contributed by atoms with Crippen LogP contribution in [-0.2, 0) is 4.79 Å². The lowest BCUT2D eigenvalue weighted by atomic mass is 10.1. The molecule has 0 heterocycles. The molecule has 1 aromatic carbocycles. The molecule has 1 aromatic rings. The van der Waals surface area contributed by atoms with Crippen LogP contribution in [0.15, 0.2) is 18.2 Å². The third-order valence-corrected chi connectivity index (χ3v) is 1.58. The van der Waals surface area contributed by atoms with Crippen LogP contribution in [0.1, 0.15) is 17.5 Å². The first-order valence-corrected chi connectivity index (χ1v) is 3.92. The normalized spacial score (nSPS) is 8.77. The molecule has 0 bridgehead atoms. The topological polar surface area (TPSA) is 17.1 Å². The van der Waals surface area contributed by atoms with Crippen LogP contribution in [0, 0.1) is 24.6 Å². The number of carbonyl (C=O) groups is 1. The van der Waals surface area contributed by atoms with E-state index >= 15 is 0 Å². The SMILES string of the molecule is Cc1cc(C#CCC=O)ccc1F.